The van der Waals surface area contributed by atoms with E-state index in [1.54, 1.807) is 76.6 Å². The van der Waals surface area contributed by atoms with Crippen LogP contribution in [0.25, 0.3) is 0 Å². The second-order valence-electron chi connectivity index (χ2n) is 6.66. The molecule has 0 saturated heterocycles. The Morgan fingerprint density at radius 1 is 0.867 bits per heavy atom. The number of benzene rings is 2. The molecule has 0 N–H and O–H groups in total. The summed E-state index contributed by atoms with van der Waals surface area (Å²) in [4.78, 5) is 12.3. The van der Waals surface area contributed by atoms with Crippen molar-refractivity contribution in [3.05, 3.63) is 59.7 Å². The van der Waals surface area contributed by atoms with Gasteiger partial charge >= 0.3 is 5.97 Å². The lowest BCUT2D eigenvalue weighted by molar-refractivity contribution is -0.142. The second-order valence-corrected chi connectivity index (χ2v) is 8.77. The minimum Gasteiger partial charge on any atom is -0.497 e. The van der Waals surface area contributed by atoms with E-state index in [1.807, 2.05) is 0 Å². The van der Waals surface area contributed by atoms with Crippen LogP contribution in [0.5, 0.6) is 11.5 Å². The van der Waals surface area contributed by atoms with E-state index < -0.39 is 21.2 Å². The molecule has 2 aromatic carbocycles. The second kappa shape index (κ2) is 11.0. The predicted molar refractivity (Wildman–Crippen MR) is 115 cm³/mol. The third kappa shape index (κ3) is 5.96. The Balaban J connectivity index is 2.37. The van der Waals surface area contributed by atoms with E-state index in [0.29, 0.717) is 11.5 Å². The molecule has 0 aliphatic carbocycles. The summed E-state index contributed by atoms with van der Waals surface area (Å²) in [6.07, 6.45) is 0.128. The summed E-state index contributed by atoms with van der Waals surface area (Å²) in [6.45, 7) is 3.69. The molecule has 0 bridgehead atoms. The van der Waals surface area contributed by atoms with E-state index >= 15 is 0 Å². The molecule has 2 aromatic rings. The fraction of sp³-hybridized carbons (Fsp3) is 0.409. The summed E-state index contributed by atoms with van der Waals surface area (Å²) in [6, 6.07) is 14.3. The van der Waals surface area contributed by atoms with Gasteiger partial charge in [-0.2, -0.15) is 4.31 Å². The lowest BCUT2D eigenvalue weighted by Gasteiger charge is -2.26. The third-order valence-corrected chi connectivity index (χ3v) is 6.90. The highest BCUT2D eigenvalue weighted by atomic mass is 32.2. The summed E-state index contributed by atoms with van der Waals surface area (Å²) < 4.78 is 43.5. The number of carbonyl (C=O) groups is 1. The van der Waals surface area contributed by atoms with Gasteiger partial charge in [0.05, 0.1) is 20.8 Å². The predicted octanol–water partition coefficient (Wildman–Crippen LogP) is 3.38. The van der Waals surface area contributed by atoms with E-state index in [4.69, 9.17) is 14.2 Å². The quantitative estimate of drug-likeness (QED) is 0.503. The minimum absolute atomic E-state index is 0.119. The normalized spacial score (nSPS) is 12.4. The van der Waals surface area contributed by atoms with E-state index in [9.17, 15) is 13.2 Å². The smallest absolute Gasteiger partial charge is 0.325 e. The van der Waals surface area contributed by atoms with Gasteiger partial charge in [0, 0.05) is 13.1 Å². The van der Waals surface area contributed by atoms with Crippen LogP contribution in [0.3, 0.4) is 0 Å². The average molecular weight is 436 g/mol. The SMILES string of the molecule is CCOC(=O)[C@@H](CC)S(=O)(=O)N(Cc1ccc(OC)cc1)Cc1ccc(OC)cc1. The van der Waals surface area contributed by atoms with E-state index in [1.165, 1.54) is 4.31 Å². The van der Waals surface area contributed by atoms with Crippen molar-refractivity contribution in [1.82, 2.24) is 4.31 Å². The molecular weight excluding hydrogens is 406 g/mol. The maximum Gasteiger partial charge on any atom is 0.325 e. The van der Waals surface area contributed by atoms with E-state index in [-0.39, 0.29) is 26.1 Å². The van der Waals surface area contributed by atoms with Gasteiger partial charge in [-0.05, 0) is 48.7 Å². The zero-order valence-electron chi connectivity index (χ0n) is 17.8. The summed E-state index contributed by atoms with van der Waals surface area (Å²) >= 11 is 0. The van der Waals surface area contributed by atoms with Crippen LogP contribution in [0.1, 0.15) is 31.4 Å². The number of hydrogen-bond acceptors (Lipinski definition) is 6. The van der Waals surface area contributed by atoms with Crippen LogP contribution >= 0.6 is 0 Å². The van der Waals surface area contributed by atoms with Crippen LogP contribution in [0.2, 0.25) is 0 Å². The molecule has 0 aromatic heterocycles. The van der Waals surface area contributed by atoms with E-state index in [2.05, 4.69) is 0 Å². The Kier molecular flexibility index (Phi) is 8.68. The van der Waals surface area contributed by atoms with Crippen LogP contribution in [-0.2, 0) is 32.6 Å². The van der Waals surface area contributed by atoms with Gasteiger partial charge < -0.3 is 14.2 Å². The van der Waals surface area contributed by atoms with Crippen molar-refractivity contribution >= 4 is 16.0 Å². The molecule has 0 amide bonds. The van der Waals surface area contributed by atoms with Gasteiger partial charge in [0.1, 0.15) is 11.5 Å². The van der Waals surface area contributed by atoms with Crippen molar-refractivity contribution in [1.29, 1.82) is 0 Å². The van der Waals surface area contributed by atoms with Crippen LogP contribution in [0, 0.1) is 0 Å². The Hall–Kier alpha value is -2.58. The number of methoxy groups -OCH3 is 2. The molecule has 0 spiro atoms. The summed E-state index contributed by atoms with van der Waals surface area (Å²) in [7, 11) is -0.826. The number of rotatable bonds is 11. The highest BCUT2D eigenvalue weighted by Crippen LogP contribution is 2.23. The van der Waals surface area contributed by atoms with Crippen LogP contribution in [-0.4, -0.2) is 44.8 Å². The molecule has 0 aliphatic rings. The molecule has 0 heterocycles. The summed E-state index contributed by atoms with van der Waals surface area (Å²) in [5.74, 6) is 0.636. The lowest BCUT2D eigenvalue weighted by Crippen LogP contribution is -2.42. The summed E-state index contributed by atoms with van der Waals surface area (Å²) in [5, 5.41) is -1.26. The molecule has 7 nitrogen and oxygen atoms in total. The number of esters is 1. The number of ether oxygens (including phenoxy) is 3. The number of hydrogen-bond donors (Lipinski definition) is 0. The first-order valence-electron chi connectivity index (χ1n) is 9.77. The Morgan fingerprint density at radius 3 is 1.63 bits per heavy atom. The lowest BCUT2D eigenvalue weighted by atomic mass is 10.2. The first kappa shape index (κ1) is 23.7. The average Bonchev–Trinajstić information content (AvgIpc) is 2.74. The van der Waals surface area contributed by atoms with Gasteiger partial charge in [-0.15, -0.1) is 0 Å². The molecule has 0 radical (unpaired) electrons. The van der Waals surface area contributed by atoms with Crippen LogP contribution < -0.4 is 9.47 Å². The Morgan fingerprint density at radius 2 is 1.30 bits per heavy atom. The molecule has 1 atom stereocenters. The first-order chi connectivity index (χ1) is 14.3. The number of sulfonamides is 1. The molecule has 164 valence electrons. The van der Waals surface area contributed by atoms with Crippen molar-refractivity contribution in [2.75, 3.05) is 20.8 Å². The fourth-order valence-electron chi connectivity index (χ4n) is 3.02. The molecule has 0 unspecified atom stereocenters. The van der Waals surface area contributed by atoms with Crippen molar-refractivity contribution in [3.8, 4) is 11.5 Å². The van der Waals surface area contributed by atoms with Gasteiger partial charge in [0.2, 0.25) is 10.0 Å². The van der Waals surface area contributed by atoms with E-state index in [0.717, 1.165) is 11.1 Å². The molecular formula is C22H29NO6S. The fourth-order valence-corrected chi connectivity index (χ4v) is 4.77. The van der Waals surface area contributed by atoms with Crippen molar-refractivity contribution < 1.29 is 27.4 Å². The standard InChI is InChI=1S/C22H29NO6S/c1-5-21(22(24)29-6-2)30(25,26)23(15-17-7-11-19(27-3)12-8-17)16-18-9-13-20(28-4)14-10-18/h7-14,21H,5-6,15-16H2,1-4H3/t21-/m1/s1. The highest BCUT2D eigenvalue weighted by molar-refractivity contribution is 7.90. The Labute approximate surface area is 178 Å². The van der Waals surface area contributed by atoms with Gasteiger partial charge in [0.15, 0.2) is 5.25 Å². The molecule has 8 heteroatoms. The molecule has 30 heavy (non-hydrogen) atoms. The molecule has 0 aliphatic heterocycles. The van der Waals surface area contributed by atoms with Gasteiger partial charge in [-0.3, -0.25) is 4.79 Å². The number of carbonyl (C=O) groups excluding carboxylic acids is 1. The topological polar surface area (TPSA) is 82.1 Å². The Bertz CT molecular complexity index is 860. The first-order valence-corrected chi connectivity index (χ1v) is 11.3. The van der Waals surface area contributed by atoms with Gasteiger partial charge in [-0.25, -0.2) is 8.42 Å². The van der Waals surface area contributed by atoms with Crippen LogP contribution in [0.15, 0.2) is 48.5 Å². The largest absolute Gasteiger partial charge is 0.497 e. The maximum atomic E-state index is 13.4. The van der Waals surface area contributed by atoms with Crippen molar-refractivity contribution in [2.45, 2.75) is 38.6 Å². The van der Waals surface area contributed by atoms with Crippen LogP contribution in [0.4, 0.5) is 0 Å². The van der Waals surface area contributed by atoms with Gasteiger partial charge in [-0.1, -0.05) is 31.2 Å². The van der Waals surface area contributed by atoms with Crippen molar-refractivity contribution in [2.24, 2.45) is 0 Å². The zero-order valence-corrected chi connectivity index (χ0v) is 18.6. The minimum atomic E-state index is -3.97. The zero-order chi connectivity index (χ0) is 22.1. The molecule has 0 fully saturated rings. The van der Waals surface area contributed by atoms with Gasteiger partial charge in [0.25, 0.3) is 0 Å². The molecule has 2 rings (SSSR count). The number of nitrogens with zero attached hydrogens (tertiary/aromatic N) is 1. The van der Waals surface area contributed by atoms with Crippen molar-refractivity contribution in [3.63, 3.8) is 0 Å². The maximum absolute atomic E-state index is 13.4. The third-order valence-electron chi connectivity index (χ3n) is 4.68. The monoisotopic (exact) mass is 435 g/mol. The highest BCUT2D eigenvalue weighted by Gasteiger charge is 2.37. The molecule has 0 saturated carbocycles. The summed E-state index contributed by atoms with van der Waals surface area (Å²) in [5.41, 5.74) is 1.57.